The van der Waals surface area contributed by atoms with E-state index >= 15 is 0 Å². The lowest BCUT2D eigenvalue weighted by Crippen LogP contribution is -2.48. The number of aliphatic imine (C=N–C) groups is 1. The molecule has 32 heavy (non-hydrogen) atoms. The number of nitrogens with two attached hydrogens (primary N) is 1. The van der Waals surface area contributed by atoms with E-state index in [1.807, 2.05) is 0 Å². The highest BCUT2D eigenvalue weighted by Gasteiger charge is 2.60. The van der Waals surface area contributed by atoms with Crippen LogP contribution in [0.2, 0.25) is 0 Å². The second-order valence-corrected chi connectivity index (χ2v) is 7.67. The third kappa shape index (κ3) is 3.73. The number of hydrogen-bond donors (Lipinski definition) is 2. The highest BCUT2D eigenvalue weighted by molar-refractivity contribution is 6.03. The molecule has 0 spiro atoms. The van der Waals surface area contributed by atoms with E-state index in [1.165, 1.54) is 0 Å². The number of benzene rings is 1. The van der Waals surface area contributed by atoms with E-state index in [0.717, 1.165) is 18.2 Å². The molecule has 0 saturated heterocycles. The Balaban J connectivity index is 1.73. The number of anilines is 1. The predicted molar refractivity (Wildman–Crippen MR) is 100 cm³/mol. The number of nitrogens with zero attached hydrogens (tertiary/aromatic N) is 2. The van der Waals surface area contributed by atoms with Crippen LogP contribution < -0.4 is 11.1 Å². The van der Waals surface area contributed by atoms with Gasteiger partial charge in [0.25, 0.3) is 17.9 Å². The third-order valence-corrected chi connectivity index (χ3v) is 5.58. The Morgan fingerprint density at radius 2 is 1.94 bits per heavy atom. The number of alkyl halides is 3. The first-order valence-electron chi connectivity index (χ1n) is 9.43. The van der Waals surface area contributed by atoms with Crippen LogP contribution in [0.15, 0.2) is 35.5 Å². The van der Waals surface area contributed by atoms with E-state index in [4.69, 9.17) is 10.5 Å². The summed E-state index contributed by atoms with van der Waals surface area (Å²) in [6.45, 7) is -1.36. The quantitative estimate of drug-likeness (QED) is 0.685. The molecule has 1 fully saturated rings. The molecule has 12 heteroatoms. The van der Waals surface area contributed by atoms with Gasteiger partial charge in [-0.25, -0.2) is 36.3 Å². The molecule has 2 unspecified atom stereocenters. The number of amidine groups is 1. The van der Waals surface area contributed by atoms with Gasteiger partial charge in [0, 0.05) is 36.1 Å². The highest BCUT2D eigenvalue weighted by Crippen LogP contribution is 2.53. The number of carbonyl (C=O) groups excluding carboxylic acids is 1. The predicted octanol–water partition coefficient (Wildman–Crippen LogP) is 3.67. The van der Waals surface area contributed by atoms with Crippen LogP contribution in [0, 0.1) is 23.4 Å². The molecule has 2 aromatic rings. The van der Waals surface area contributed by atoms with Crippen molar-refractivity contribution in [2.24, 2.45) is 16.6 Å². The zero-order valence-corrected chi connectivity index (χ0v) is 16.2. The minimum atomic E-state index is -3.19. The lowest BCUT2D eigenvalue weighted by molar-refractivity contribution is -0.00299. The summed E-state index contributed by atoms with van der Waals surface area (Å²) in [5.74, 6) is -8.71. The van der Waals surface area contributed by atoms with Gasteiger partial charge in [-0.3, -0.25) is 4.79 Å². The molecular formula is C20H16F6N4O2. The van der Waals surface area contributed by atoms with Crippen molar-refractivity contribution >= 4 is 17.6 Å². The van der Waals surface area contributed by atoms with Crippen molar-refractivity contribution in [2.45, 2.75) is 30.4 Å². The monoisotopic (exact) mass is 458 g/mol. The van der Waals surface area contributed by atoms with E-state index in [2.05, 4.69) is 15.3 Å². The number of hydrogen-bond acceptors (Lipinski definition) is 5. The summed E-state index contributed by atoms with van der Waals surface area (Å²) in [5.41, 5.74) is 2.19. The number of fused-ring (bicyclic) bond motifs is 1. The van der Waals surface area contributed by atoms with Crippen LogP contribution in [0.25, 0.3) is 0 Å². The van der Waals surface area contributed by atoms with Crippen molar-refractivity contribution < 1.29 is 35.9 Å². The van der Waals surface area contributed by atoms with Gasteiger partial charge < -0.3 is 15.8 Å². The van der Waals surface area contributed by atoms with Gasteiger partial charge in [0.15, 0.2) is 11.5 Å². The Bertz CT molecular complexity index is 1110. The maximum Gasteiger partial charge on any atom is 0.283 e. The first kappa shape index (κ1) is 21.9. The molecule has 2 aliphatic rings. The summed E-state index contributed by atoms with van der Waals surface area (Å²) < 4.78 is 89.3. The molecule has 3 N–H and O–H groups in total. The molecular weight excluding hydrogens is 442 g/mol. The van der Waals surface area contributed by atoms with Gasteiger partial charge in [-0.1, -0.05) is 0 Å². The van der Waals surface area contributed by atoms with Gasteiger partial charge in [-0.15, -0.1) is 0 Å². The smallest absolute Gasteiger partial charge is 0.283 e. The first-order valence-corrected chi connectivity index (χ1v) is 9.43. The molecule has 3 atom stereocenters. The number of pyridine rings is 1. The van der Waals surface area contributed by atoms with Gasteiger partial charge in [0.2, 0.25) is 0 Å². The van der Waals surface area contributed by atoms with E-state index in [-0.39, 0.29) is 5.69 Å². The molecule has 0 radical (unpaired) electrons. The summed E-state index contributed by atoms with van der Waals surface area (Å²) in [4.78, 5) is 19.6. The Labute approximate surface area is 177 Å². The second kappa shape index (κ2) is 7.68. The second-order valence-electron chi connectivity index (χ2n) is 7.67. The van der Waals surface area contributed by atoms with Crippen molar-refractivity contribution in [3.05, 3.63) is 59.2 Å². The minimum Gasteiger partial charge on any atom is -0.461 e. The summed E-state index contributed by atoms with van der Waals surface area (Å²) in [7, 11) is 0. The molecule has 1 aromatic carbocycles. The normalized spacial score (nSPS) is 26.1. The topological polar surface area (TPSA) is 89.6 Å². The van der Waals surface area contributed by atoms with Gasteiger partial charge >= 0.3 is 0 Å². The van der Waals surface area contributed by atoms with Crippen LogP contribution in [-0.2, 0) is 10.3 Å². The third-order valence-electron chi connectivity index (χ3n) is 5.58. The van der Waals surface area contributed by atoms with Gasteiger partial charge in [-0.05, 0) is 18.2 Å². The average molecular weight is 458 g/mol. The van der Waals surface area contributed by atoms with E-state index in [9.17, 15) is 31.1 Å². The summed E-state index contributed by atoms with van der Waals surface area (Å²) in [5, 5.41) is 2.24. The van der Waals surface area contributed by atoms with E-state index < -0.39 is 83.6 Å². The van der Waals surface area contributed by atoms with Crippen LogP contribution >= 0.6 is 0 Å². The van der Waals surface area contributed by atoms with Gasteiger partial charge in [0.05, 0.1) is 6.20 Å². The number of carbonyl (C=O) groups is 1. The van der Waals surface area contributed by atoms with Crippen LogP contribution in [0.5, 0.6) is 0 Å². The molecule has 1 aromatic heterocycles. The molecule has 170 valence electrons. The Morgan fingerprint density at radius 1 is 1.19 bits per heavy atom. The molecule has 1 aliphatic heterocycles. The number of halogens is 6. The number of nitrogens with one attached hydrogen (secondary N) is 1. The standard InChI is InChI=1S/C20H16F6N4O2/c21-8-20(12-5-19(25,26)6-15(12)32-18(27)30-20)11-4-10(1-2-13(11)23)29-17(31)16-14(24)3-9(22)7-28-16/h1-4,7,12,15H,5-6,8H2,(H2,27,30)(H,29,31)/t12?,15-,20?/m0/s1. The molecule has 4 rings (SSSR count). The first-order chi connectivity index (χ1) is 15.0. The largest absolute Gasteiger partial charge is 0.461 e. The fourth-order valence-corrected chi connectivity index (χ4v) is 4.20. The lowest BCUT2D eigenvalue weighted by atomic mass is 9.76. The maximum absolute atomic E-state index is 14.8. The summed E-state index contributed by atoms with van der Waals surface area (Å²) in [6.07, 6.45) is -2.09. The van der Waals surface area contributed by atoms with Gasteiger partial charge in [0.1, 0.15) is 30.0 Å². The van der Waals surface area contributed by atoms with Crippen LogP contribution in [-0.4, -0.2) is 35.6 Å². The molecule has 1 amide bonds. The molecule has 1 aliphatic carbocycles. The highest BCUT2D eigenvalue weighted by atomic mass is 19.3. The number of ether oxygens (including phenoxy) is 1. The van der Waals surface area contributed by atoms with E-state index in [0.29, 0.717) is 12.3 Å². The molecule has 0 bridgehead atoms. The van der Waals surface area contributed by atoms with Crippen molar-refractivity contribution in [3.8, 4) is 0 Å². The SMILES string of the molecule is NC1=NC(CF)(c2cc(NC(=O)c3ncc(F)cc3F)ccc2F)C2CC(F)(F)C[C@@H]2O1. The fraction of sp³-hybridized carbons (Fsp3) is 0.350. The average Bonchev–Trinajstić information content (AvgIpc) is 3.02. The van der Waals surface area contributed by atoms with Crippen LogP contribution in [0.3, 0.4) is 0 Å². The maximum atomic E-state index is 14.8. The minimum absolute atomic E-state index is 0.119. The van der Waals surface area contributed by atoms with Crippen molar-refractivity contribution in [3.63, 3.8) is 0 Å². The van der Waals surface area contributed by atoms with Crippen molar-refractivity contribution in [1.82, 2.24) is 4.98 Å². The number of amides is 1. The van der Waals surface area contributed by atoms with Crippen LogP contribution in [0.1, 0.15) is 28.9 Å². The molecule has 2 heterocycles. The van der Waals surface area contributed by atoms with Crippen LogP contribution in [0.4, 0.5) is 32.0 Å². The van der Waals surface area contributed by atoms with E-state index in [1.54, 1.807) is 0 Å². The van der Waals surface area contributed by atoms with Gasteiger partial charge in [-0.2, -0.15) is 0 Å². The van der Waals surface area contributed by atoms with Crippen molar-refractivity contribution in [2.75, 3.05) is 12.0 Å². The Hall–Kier alpha value is -3.31. The fourth-order valence-electron chi connectivity index (χ4n) is 4.20. The summed E-state index contributed by atoms with van der Waals surface area (Å²) >= 11 is 0. The number of aromatic nitrogens is 1. The zero-order valence-electron chi connectivity index (χ0n) is 16.2. The summed E-state index contributed by atoms with van der Waals surface area (Å²) in [6, 6.07) is 2.87. The number of rotatable bonds is 4. The zero-order chi connectivity index (χ0) is 23.3. The lowest BCUT2D eigenvalue weighted by Gasteiger charge is -2.40. The van der Waals surface area contributed by atoms with Crippen molar-refractivity contribution in [1.29, 1.82) is 0 Å². The molecule has 1 saturated carbocycles. The molecule has 6 nitrogen and oxygen atoms in total. The Kier molecular flexibility index (Phi) is 5.25. The Morgan fingerprint density at radius 3 is 2.62 bits per heavy atom.